The molecule has 0 unspecified atom stereocenters. The molecule has 0 heterocycles. The van der Waals surface area contributed by atoms with E-state index in [0.29, 0.717) is 13.1 Å². The van der Waals surface area contributed by atoms with Crippen LogP contribution in [-0.4, -0.2) is 50.5 Å². The van der Waals surface area contributed by atoms with Crippen LogP contribution in [0.5, 0.6) is 0 Å². The lowest BCUT2D eigenvalue weighted by Gasteiger charge is -2.11. The van der Waals surface area contributed by atoms with Gasteiger partial charge in [-0.2, -0.15) is 0 Å². The van der Waals surface area contributed by atoms with E-state index in [1.54, 1.807) is 0 Å². The highest BCUT2D eigenvalue weighted by molar-refractivity contribution is 4.61. The van der Waals surface area contributed by atoms with E-state index in [1.807, 2.05) is 0 Å². The first-order valence-electron chi connectivity index (χ1n) is 5.81. The van der Waals surface area contributed by atoms with Gasteiger partial charge < -0.3 is 27.2 Å². The van der Waals surface area contributed by atoms with Gasteiger partial charge in [-0.15, -0.1) is 0 Å². The highest BCUT2D eigenvalue weighted by atomic mass is 16.3. The summed E-state index contributed by atoms with van der Waals surface area (Å²) in [7, 11) is 0. The second-order valence-electron chi connectivity index (χ2n) is 3.68. The van der Waals surface area contributed by atoms with Crippen LogP contribution in [0.4, 0.5) is 0 Å². The van der Waals surface area contributed by atoms with E-state index in [0.717, 1.165) is 45.4 Å². The molecule has 0 aliphatic heterocycles. The van der Waals surface area contributed by atoms with E-state index >= 15 is 0 Å². The average molecular weight is 218 g/mol. The topological polar surface area (TPSA) is 96.3 Å². The third kappa shape index (κ3) is 11.7. The molecule has 0 saturated heterocycles. The van der Waals surface area contributed by atoms with Crippen LogP contribution < -0.4 is 22.1 Å². The Bertz CT molecular complexity index is 124. The fourth-order valence-corrected chi connectivity index (χ4v) is 1.22. The van der Waals surface area contributed by atoms with E-state index in [2.05, 4.69) is 10.6 Å². The first-order chi connectivity index (χ1) is 7.31. The Labute approximate surface area is 92.6 Å². The minimum absolute atomic E-state index is 0.270. The zero-order valence-corrected chi connectivity index (χ0v) is 9.54. The Kier molecular flexibility index (Phi) is 11.7. The van der Waals surface area contributed by atoms with Crippen molar-refractivity contribution in [2.45, 2.75) is 25.4 Å². The van der Waals surface area contributed by atoms with Crippen molar-refractivity contribution in [2.75, 3.05) is 39.3 Å². The SMILES string of the molecule is NCCCNCC[C@H](O)CNCCCN. The monoisotopic (exact) mass is 218 g/mol. The largest absolute Gasteiger partial charge is 0.392 e. The quantitative estimate of drug-likeness (QED) is 0.275. The maximum absolute atomic E-state index is 9.55. The molecule has 92 valence electrons. The average Bonchev–Trinajstić information content (AvgIpc) is 2.24. The lowest BCUT2D eigenvalue weighted by atomic mass is 10.2. The van der Waals surface area contributed by atoms with Crippen LogP contribution in [0.2, 0.25) is 0 Å². The Hall–Kier alpha value is -0.200. The normalized spacial score (nSPS) is 13.0. The number of aliphatic hydroxyl groups is 1. The Morgan fingerprint density at radius 2 is 1.53 bits per heavy atom. The molecule has 0 aromatic carbocycles. The van der Waals surface area contributed by atoms with Gasteiger partial charge >= 0.3 is 0 Å². The zero-order valence-electron chi connectivity index (χ0n) is 9.54. The minimum atomic E-state index is -0.270. The summed E-state index contributed by atoms with van der Waals surface area (Å²) in [6.45, 7) is 4.73. The van der Waals surface area contributed by atoms with Crippen LogP contribution in [0.15, 0.2) is 0 Å². The summed E-state index contributed by atoms with van der Waals surface area (Å²) in [5.74, 6) is 0. The summed E-state index contributed by atoms with van der Waals surface area (Å²) in [6, 6.07) is 0. The Balaban J connectivity index is 3.08. The van der Waals surface area contributed by atoms with Gasteiger partial charge in [0.1, 0.15) is 0 Å². The fourth-order valence-electron chi connectivity index (χ4n) is 1.22. The summed E-state index contributed by atoms with van der Waals surface area (Å²) in [5, 5.41) is 15.9. The minimum Gasteiger partial charge on any atom is -0.392 e. The molecule has 0 saturated carbocycles. The molecule has 0 aromatic rings. The molecule has 5 heteroatoms. The summed E-state index contributed by atoms with van der Waals surface area (Å²) >= 11 is 0. The number of hydrogen-bond donors (Lipinski definition) is 5. The fraction of sp³-hybridized carbons (Fsp3) is 1.00. The second-order valence-corrected chi connectivity index (χ2v) is 3.68. The third-order valence-corrected chi connectivity index (χ3v) is 2.15. The van der Waals surface area contributed by atoms with Gasteiger partial charge in [0.05, 0.1) is 6.10 Å². The first-order valence-corrected chi connectivity index (χ1v) is 5.81. The summed E-state index contributed by atoms with van der Waals surface area (Å²) in [6.07, 6.45) is 2.46. The molecule has 1 atom stereocenters. The van der Waals surface area contributed by atoms with E-state index in [9.17, 15) is 5.11 Å². The molecule has 0 spiro atoms. The van der Waals surface area contributed by atoms with Crippen LogP contribution in [-0.2, 0) is 0 Å². The lowest BCUT2D eigenvalue weighted by Crippen LogP contribution is -2.31. The van der Waals surface area contributed by atoms with Crippen molar-refractivity contribution in [3.8, 4) is 0 Å². The number of nitrogens with one attached hydrogen (secondary N) is 2. The smallest absolute Gasteiger partial charge is 0.0676 e. The maximum atomic E-state index is 9.55. The lowest BCUT2D eigenvalue weighted by molar-refractivity contribution is 0.161. The van der Waals surface area contributed by atoms with Gasteiger partial charge in [-0.3, -0.25) is 0 Å². The summed E-state index contributed by atoms with van der Waals surface area (Å²) < 4.78 is 0. The number of rotatable bonds is 11. The number of hydrogen-bond acceptors (Lipinski definition) is 5. The molecule has 0 radical (unpaired) electrons. The standard InChI is InChI=1S/C10H26N4O/c11-4-1-6-13-8-3-10(15)9-14-7-2-5-12/h10,13-15H,1-9,11-12H2/t10-/m0/s1. The second kappa shape index (κ2) is 11.9. The van der Waals surface area contributed by atoms with Crippen molar-refractivity contribution in [3.05, 3.63) is 0 Å². The first kappa shape index (κ1) is 14.8. The molecule has 0 rings (SSSR count). The molecular formula is C10H26N4O. The van der Waals surface area contributed by atoms with Crippen molar-refractivity contribution in [1.29, 1.82) is 0 Å². The Morgan fingerprint density at radius 1 is 0.933 bits per heavy atom. The highest BCUT2D eigenvalue weighted by Gasteiger charge is 2.01. The molecule has 15 heavy (non-hydrogen) atoms. The predicted octanol–water partition coefficient (Wildman–Crippen LogP) is -1.39. The van der Waals surface area contributed by atoms with Gasteiger partial charge in [0, 0.05) is 6.54 Å². The van der Waals surface area contributed by atoms with Crippen molar-refractivity contribution in [1.82, 2.24) is 10.6 Å². The van der Waals surface area contributed by atoms with Crippen molar-refractivity contribution in [2.24, 2.45) is 11.5 Å². The van der Waals surface area contributed by atoms with E-state index in [4.69, 9.17) is 11.5 Å². The maximum Gasteiger partial charge on any atom is 0.0676 e. The predicted molar refractivity (Wildman–Crippen MR) is 63.7 cm³/mol. The highest BCUT2D eigenvalue weighted by Crippen LogP contribution is 1.88. The van der Waals surface area contributed by atoms with Crippen molar-refractivity contribution < 1.29 is 5.11 Å². The third-order valence-electron chi connectivity index (χ3n) is 2.15. The van der Waals surface area contributed by atoms with Gasteiger partial charge in [-0.25, -0.2) is 0 Å². The van der Waals surface area contributed by atoms with E-state index in [-0.39, 0.29) is 6.10 Å². The molecule has 0 aliphatic rings. The van der Waals surface area contributed by atoms with Gasteiger partial charge in [0.25, 0.3) is 0 Å². The van der Waals surface area contributed by atoms with E-state index in [1.165, 1.54) is 0 Å². The molecule has 0 bridgehead atoms. The van der Waals surface area contributed by atoms with Crippen LogP contribution >= 0.6 is 0 Å². The Morgan fingerprint density at radius 3 is 2.13 bits per heavy atom. The summed E-state index contributed by atoms with van der Waals surface area (Å²) in [4.78, 5) is 0. The van der Waals surface area contributed by atoms with Crippen molar-refractivity contribution >= 4 is 0 Å². The number of nitrogens with two attached hydrogens (primary N) is 2. The van der Waals surface area contributed by atoms with Crippen LogP contribution in [0, 0.1) is 0 Å². The molecule has 7 N–H and O–H groups in total. The van der Waals surface area contributed by atoms with E-state index < -0.39 is 0 Å². The van der Waals surface area contributed by atoms with Gasteiger partial charge in [0.15, 0.2) is 0 Å². The molecular weight excluding hydrogens is 192 g/mol. The van der Waals surface area contributed by atoms with Gasteiger partial charge in [-0.05, 0) is 52.0 Å². The van der Waals surface area contributed by atoms with Gasteiger partial charge in [0.2, 0.25) is 0 Å². The van der Waals surface area contributed by atoms with Crippen LogP contribution in [0.25, 0.3) is 0 Å². The van der Waals surface area contributed by atoms with Gasteiger partial charge in [-0.1, -0.05) is 0 Å². The summed E-state index contributed by atoms with van der Waals surface area (Å²) in [5.41, 5.74) is 10.7. The van der Waals surface area contributed by atoms with Crippen LogP contribution in [0.3, 0.4) is 0 Å². The number of aliphatic hydroxyl groups excluding tert-OH is 1. The molecule has 0 aromatic heterocycles. The molecule has 0 amide bonds. The van der Waals surface area contributed by atoms with Crippen molar-refractivity contribution in [3.63, 3.8) is 0 Å². The van der Waals surface area contributed by atoms with Crippen LogP contribution in [0.1, 0.15) is 19.3 Å². The molecule has 0 fully saturated rings. The molecule has 5 nitrogen and oxygen atoms in total. The molecule has 0 aliphatic carbocycles. The zero-order chi connectivity index (χ0) is 11.4.